The van der Waals surface area contributed by atoms with Gasteiger partial charge in [-0.2, -0.15) is 0 Å². The lowest BCUT2D eigenvalue weighted by atomic mass is 9.68. The Bertz CT molecular complexity index is 3620. The summed E-state index contributed by atoms with van der Waals surface area (Å²) in [5.41, 5.74) is 19.4. The van der Waals surface area contributed by atoms with E-state index in [2.05, 4.69) is 254 Å². The van der Waals surface area contributed by atoms with E-state index >= 15 is 0 Å². The maximum atomic E-state index is 2.45. The van der Waals surface area contributed by atoms with Crippen LogP contribution in [0, 0.1) is 13.8 Å². The molecule has 0 aliphatic heterocycles. The number of rotatable bonds is 6. The lowest BCUT2D eigenvalue weighted by molar-refractivity contribution is 0.809. The van der Waals surface area contributed by atoms with Gasteiger partial charge in [0.15, 0.2) is 0 Å². The Hall–Kier alpha value is -8.20. The molecule has 11 aromatic carbocycles. The molecule has 0 radical (unpaired) electrons. The topological polar surface area (TPSA) is 6.48 Å². The lowest BCUT2D eigenvalue weighted by Crippen LogP contribution is -2.26. The lowest BCUT2D eigenvalue weighted by Gasteiger charge is -2.33. The van der Waals surface area contributed by atoms with Gasteiger partial charge in [-0.3, -0.25) is 0 Å². The van der Waals surface area contributed by atoms with Crippen LogP contribution in [0.15, 0.2) is 231 Å². The van der Waals surface area contributed by atoms with Crippen LogP contribution in [0.5, 0.6) is 0 Å². The van der Waals surface area contributed by atoms with Gasteiger partial charge in [-0.25, -0.2) is 0 Å². The molecule has 0 N–H and O–H groups in total. The molecular weight excluding hydrogens is 785 g/mol. The molecule has 2 aliphatic rings. The second-order valence-electron chi connectivity index (χ2n) is 17.8. The van der Waals surface area contributed by atoms with Crippen LogP contribution < -0.4 is 9.80 Å². The monoisotopic (exact) mass is 828 g/mol. The van der Waals surface area contributed by atoms with E-state index in [1.807, 2.05) is 0 Å². The van der Waals surface area contributed by atoms with Crippen LogP contribution in [0.1, 0.15) is 33.4 Å². The quantitative estimate of drug-likeness (QED) is 0.154. The Morgan fingerprint density at radius 2 is 0.754 bits per heavy atom. The van der Waals surface area contributed by atoms with Crippen LogP contribution in [0.4, 0.5) is 34.1 Å². The fraction of sp³-hybridized carbons (Fsp3) is 0.0476. The van der Waals surface area contributed by atoms with Gasteiger partial charge in [0, 0.05) is 34.1 Å². The van der Waals surface area contributed by atoms with Crippen LogP contribution in [0.25, 0.3) is 54.6 Å². The molecule has 0 heterocycles. The highest BCUT2D eigenvalue weighted by Gasteiger charge is 2.53. The molecule has 11 aromatic rings. The highest BCUT2D eigenvalue weighted by molar-refractivity contribution is 6.22. The van der Waals surface area contributed by atoms with Crippen molar-refractivity contribution in [1.82, 2.24) is 0 Å². The van der Waals surface area contributed by atoms with Crippen LogP contribution in [0.3, 0.4) is 0 Å². The minimum Gasteiger partial charge on any atom is -0.310 e. The Labute approximate surface area is 379 Å². The summed E-state index contributed by atoms with van der Waals surface area (Å²) in [6, 6.07) is 85.9. The summed E-state index contributed by atoms with van der Waals surface area (Å²) >= 11 is 0. The van der Waals surface area contributed by atoms with Gasteiger partial charge >= 0.3 is 0 Å². The molecule has 2 nitrogen and oxygen atoms in total. The first-order chi connectivity index (χ1) is 32.1. The van der Waals surface area contributed by atoms with Crippen LogP contribution in [-0.4, -0.2) is 0 Å². The van der Waals surface area contributed by atoms with E-state index in [-0.39, 0.29) is 0 Å². The average Bonchev–Trinajstić information content (AvgIpc) is 3.84. The fourth-order valence-corrected chi connectivity index (χ4v) is 11.4. The van der Waals surface area contributed by atoms with Gasteiger partial charge in [0.05, 0.1) is 5.41 Å². The van der Waals surface area contributed by atoms with Gasteiger partial charge < -0.3 is 9.80 Å². The zero-order valence-electron chi connectivity index (χ0n) is 36.3. The number of aryl methyl sites for hydroxylation is 2. The van der Waals surface area contributed by atoms with Gasteiger partial charge in [0.1, 0.15) is 0 Å². The first-order valence-corrected chi connectivity index (χ1v) is 22.7. The molecule has 65 heavy (non-hydrogen) atoms. The van der Waals surface area contributed by atoms with E-state index in [0.717, 1.165) is 34.1 Å². The summed E-state index contributed by atoms with van der Waals surface area (Å²) in [6.45, 7) is 4.30. The maximum absolute atomic E-state index is 2.45. The summed E-state index contributed by atoms with van der Waals surface area (Å²) in [6.07, 6.45) is 0. The van der Waals surface area contributed by atoms with Gasteiger partial charge in [-0.1, -0.05) is 169 Å². The van der Waals surface area contributed by atoms with Crippen molar-refractivity contribution in [2.75, 3.05) is 9.80 Å². The summed E-state index contributed by atoms with van der Waals surface area (Å²) < 4.78 is 0. The highest BCUT2D eigenvalue weighted by atomic mass is 15.1. The number of hydrogen-bond donors (Lipinski definition) is 0. The molecule has 0 fully saturated rings. The van der Waals surface area contributed by atoms with E-state index in [4.69, 9.17) is 0 Å². The number of fused-ring (bicyclic) bond motifs is 17. The standard InChI is InChI=1S/C63H44N2/c1-41-25-30-46(31-26-41)64(44-15-5-3-6-16-44)48-34-37-50-43(39-48)29-36-56-60-54-22-10-9-19-51(54)57-40-49(65(45-17-7-4-8-18-45)47-32-27-42(2)28-33-47)35-38-55(57)62(60)63(61(50)56)58-23-13-11-20-52(58)53-21-12-14-24-59(53)63/h3-40H,1-2H3. The summed E-state index contributed by atoms with van der Waals surface area (Å²) in [7, 11) is 0. The predicted molar refractivity (Wildman–Crippen MR) is 274 cm³/mol. The highest BCUT2D eigenvalue weighted by Crippen LogP contribution is 2.67. The van der Waals surface area contributed by atoms with Gasteiger partial charge in [0.25, 0.3) is 0 Å². The van der Waals surface area contributed by atoms with Crippen molar-refractivity contribution in [2.45, 2.75) is 19.3 Å². The Morgan fingerprint density at radius 3 is 1.34 bits per heavy atom. The van der Waals surface area contributed by atoms with E-state index in [9.17, 15) is 0 Å². The van der Waals surface area contributed by atoms with Crippen molar-refractivity contribution in [2.24, 2.45) is 0 Å². The normalized spacial score (nSPS) is 12.9. The molecule has 0 atom stereocenters. The average molecular weight is 829 g/mol. The Balaban J connectivity index is 1.12. The summed E-state index contributed by atoms with van der Waals surface area (Å²) in [5, 5.41) is 7.56. The molecule has 0 unspecified atom stereocenters. The molecule has 2 aliphatic carbocycles. The molecule has 0 aromatic heterocycles. The minimum atomic E-state index is -0.575. The summed E-state index contributed by atoms with van der Waals surface area (Å²) in [4.78, 5) is 4.77. The molecular formula is C63H44N2. The molecule has 13 rings (SSSR count). The van der Waals surface area contributed by atoms with Crippen molar-refractivity contribution in [3.8, 4) is 22.3 Å². The Kier molecular flexibility index (Phi) is 8.29. The predicted octanol–water partition coefficient (Wildman–Crippen LogP) is 17.0. The van der Waals surface area contributed by atoms with Crippen molar-refractivity contribution in [1.29, 1.82) is 0 Å². The van der Waals surface area contributed by atoms with Gasteiger partial charge in [0.2, 0.25) is 0 Å². The second-order valence-corrected chi connectivity index (χ2v) is 17.8. The molecule has 0 bridgehead atoms. The third-order valence-corrected chi connectivity index (χ3v) is 14.1. The smallest absolute Gasteiger partial charge is 0.0737 e. The van der Waals surface area contributed by atoms with Gasteiger partial charge in [-0.05, 0) is 163 Å². The number of benzene rings is 11. The first kappa shape index (κ1) is 37.4. The number of para-hydroxylation sites is 2. The van der Waals surface area contributed by atoms with E-state index in [1.165, 1.54) is 88.0 Å². The van der Waals surface area contributed by atoms with E-state index in [1.54, 1.807) is 0 Å². The minimum absolute atomic E-state index is 0.575. The molecule has 0 amide bonds. The van der Waals surface area contributed by atoms with Crippen molar-refractivity contribution < 1.29 is 0 Å². The fourth-order valence-electron chi connectivity index (χ4n) is 11.4. The largest absolute Gasteiger partial charge is 0.310 e. The Morgan fingerprint density at radius 1 is 0.292 bits per heavy atom. The maximum Gasteiger partial charge on any atom is 0.0737 e. The number of anilines is 6. The van der Waals surface area contributed by atoms with Crippen molar-refractivity contribution in [3.05, 3.63) is 264 Å². The van der Waals surface area contributed by atoms with Crippen LogP contribution in [0.2, 0.25) is 0 Å². The van der Waals surface area contributed by atoms with Gasteiger partial charge in [-0.15, -0.1) is 0 Å². The third kappa shape index (κ3) is 5.47. The van der Waals surface area contributed by atoms with Crippen molar-refractivity contribution in [3.63, 3.8) is 0 Å². The first-order valence-electron chi connectivity index (χ1n) is 22.7. The van der Waals surface area contributed by atoms with Crippen LogP contribution >= 0.6 is 0 Å². The molecule has 1 spiro atoms. The third-order valence-electron chi connectivity index (χ3n) is 14.1. The zero-order valence-corrected chi connectivity index (χ0v) is 36.3. The van der Waals surface area contributed by atoms with E-state index < -0.39 is 5.41 Å². The number of hydrogen-bond acceptors (Lipinski definition) is 2. The molecule has 306 valence electrons. The van der Waals surface area contributed by atoms with Crippen LogP contribution in [-0.2, 0) is 5.41 Å². The molecule has 2 heteroatoms. The second kappa shape index (κ2) is 14.4. The molecule has 0 saturated heterocycles. The summed E-state index contributed by atoms with van der Waals surface area (Å²) in [5.74, 6) is 0. The number of nitrogens with zero attached hydrogens (tertiary/aromatic N) is 2. The van der Waals surface area contributed by atoms with E-state index in [0.29, 0.717) is 0 Å². The molecule has 0 saturated carbocycles. The zero-order chi connectivity index (χ0) is 43.2. The SMILES string of the molecule is Cc1ccc(N(c2ccccc2)c2ccc3c4c(ccc3c2)-c2c(c3ccc(N(c5ccccc5)c5ccc(C)cc5)cc3c3ccccc23)C42c3ccccc3-c3ccccc32)cc1. The van der Waals surface area contributed by atoms with Crippen molar-refractivity contribution >= 4 is 66.4 Å².